The highest BCUT2D eigenvalue weighted by atomic mass is 32.1. The first-order chi connectivity index (χ1) is 13.5. The second kappa shape index (κ2) is 7.71. The lowest BCUT2D eigenvalue weighted by Gasteiger charge is -2.30. The molecule has 146 valence electrons. The number of piperidine rings is 1. The molecule has 6 nitrogen and oxygen atoms in total. The highest BCUT2D eigenvalue weighted by molar-refractivity contribution is 7.17. The number of aromatic nitrogens is 3. The molecule has 1 N–H and O–H groups in total. The van der Waals surface area contributed by atoms with Crippen molar-refractivity contribution in [3.8, 4) is 5.13 Å². The second-order valence-corrected chi connectivity index (χ2v) is 8.01. The van der Waals surface area contributed by atoms with E-state index in [9.17, 15) is 9.18 Å². The summed E-state index contributed by atoms with van der Waals surface area (Å²) < 4.78 is 15.4. The number of carbonyl (C=O) groups is 1. The van der Waals surface area contributed by atoms with Crippen LogP contribution in [0, 0.1) is 25.6 Å². The van der Waals surface area contributed by atoms with Gasteiger partial charge in [-0.2, -0.15) is 0 Å². The quantitative estimate of drug-likeness (QED) is 0.722. The van der Waals surface area contributed by atoms with E-state index < -0.39 is 0 Å². The van der Waals surface area contributed by atoms with Crippen molar-refractivity contribution in [1.82, 2.24) is 14.8 Å². The average molecular weight is 399 g/mol. The van der Waals surface area contributed by atoms with Crippen LogP contribution in [0.4, 0.5) is 15.2 Å². The number of hydrogen-bond acceptors (Lipinski definition) is 5. The van der Waals surface area contributed by atoms with Gasteiger partial charge in [-0.25, -0.2) is 4.39 Å². The van der Waals surface area contributed by atoms with Gasteiger partial charge in [0, 0.05) is 36.1 Å². The summed E-state index contributed by atoms with van der Waals surface area (Å²) in [7, 11) is 0. The SMILES string of the molecule is Cc1ccc(C)n1-c1nnc(N2CCC(C(=O)Nc3cccc(F)c3)CC2)s1. The maximum Gasteiger partial charge on any atom is 0.227 e. The molecule has 0 bridgehead atoms. The van der Waals surface area contributed by atoms with Gasteiger partial charge in [-0.3, -0.25) is 9.36 Å². The zero-order chi connectivity index (χ0) is 19.7. The number of benzene rings is 1. The molecular weight excluding hydrogens is 377 g/mol. The number of carbonyl (C=O) groups excluding carboxylic acids is 1. The van der Waals surface area contributed by atoms with Crippen molar-refractivity contribution in [3.05, 3.63) is 53.6 Å². The van der Waals surface area contributed by atoms with Crippen molar-refractivity contribution in [2.24, 2.45) is 5.92 Å². The Hall–Kier alpha value is -2.74. The number of nitrogens with one attached hydrogen (secondary N) is 1. The van der Waals surface area contributed by atoms with Gasteiger partial charge in [0.2, 0.25) is 16.2 Å². The molecule has 0 atom stereocenters. The van der Waals surface area contributed by atoms with Crippen LogP contribution in [0.2, 0.25) is 0 Å². The van der Waals surface area contributed by atoms with Gasteiger partial charge in [0.15, 0.2) is 0 Å². The van der Waals surface area contributed by atoms with Crippen molar-refractivity contribution in [3.63, 3.8) is 0 Å². The number of anilines is 2. The number of rotatable bonds is 4. The molecule has 4 rings (SSSR count). The first-order valence-corrected chi connectivity index (χ1v) is 10.1. The molecular formula is C20H22FN5OS. The van der Waals surface area contributed by atoms with Gasteiger partial charge in [0.05, 0.1) is 0 Å². The molecule has 0 aliphatic carbocycles. The molecule has 1 saturated heterocycles. The van der Waals surface area contributed by atoms with Crippen LogP contribution in [0.25, 0.3) is 5.13 Å². The first-order valence-electron chi connectivity index (χ1n) is 9.31. The number of hydrogen-bond donors (Lipinski definition) is 1. The summed E-state index contributed by atoms with van der Waals surface area (Å²) in [6, 6.07) is 10.1. The van der Waals surface area contributed by atoms with Crippen molar-refractivity contribution in [2.45, 2.75) is 26.7 Å². The predicted molar refractivity (Wildman–Crippen MR) is 109 cm³/mol. The number of amides is 1. The molecule has 8 heteroatoms. The zero-order valence-electron chi connectivity index (χ0n) is 15.9. The normalized spacial score (nSPS) is 15.0. The summed E-state index contributed by atoms with van der Waals surface area (Å²) in [6.45, 7) is 5.60. The third-order valence-electron chi connectivity index (χ3n) is 5.09. The lowest BCUT2D eigenvalue weighted by atomic mass is 9.96. The molecule has 3 aromatic rings. The molecule has 0 radical (unpaired) electrons. The fourth-order valence-electron chi connectivity index (χ4n) is 3.54. The first kappa shape index (κ1) is 18.6. The van der Waals surface area contributed by atoms with Crippen LogP contribution in [0.1, 0.15) is 24.2 Å². The largest absolute Gasteiger partial charge is 0.347 e. The lowest BCUT2D eigenvalue weighted by Crippen LogP contribution is -2.38. The number of nitrogens with zero attached hydrogens (tertiary/aromatic N) is 4. The lowest BCUT2D eigenvalue weighted by molar-refractivity contribution is -0.120. The molecule has 28 heavy (non-hydrogen) atoms. The summed E-state index contributed by atoms with van der Waals surface area (Å²) in [5, 5.41) is 13.3. The molecule has 0 unspecified atom stereocenters. The Balaban J connectivity index is 1.37. The van der Waals surface area contributed by atoms with Gasteiger partial charge >= 0.3 is 0 Å². The van der Waals surface area contributed by atoms with Crippen molar-refractivity contribution in [1.29, 1.82) is 0 Å². The van der Waals surface area contributed by atoms with Crippen LogP contribution < -0.4 is 10.2 Å². The highest BCUT2D eigenvalue weighted by Gasteiger charge is 2.27. The van der Waals surface area contributed by atoms with Crippen molar-refractivity contribution >= 4 is 28.1 Å². The summed E-state index contributed by atoms with van der Waals surface area (Å²) in [4.78, 5) is 14.7. The molecule has 1 amide bonds. The van der Waals surface area contributed by atoms with E-state index in [2.05, 4.69) is 51.0 Å². The van der Waals surface area contributed by atoms with E-state index in [0.717, 1.165) is 47.6 Å². The van der Waals surface area contributed by atoms with E-state index >= 15 is 0 Å². The topological polar surface area (TPSA) is 63.1 Å². The van der Waals surface area contributed by atoms with Gasteiger partial charge in [0.25, 0.3) is 0 Å². The smallest absolute Gasteiger partial charge is 0.227 e. The Bertz CT molecular complexity index is 971. The zero-order valence-corrected chi connectivity index (χ0v) is 16.7. The van der Waals surface area contributed by atoms with Crippen LogP contribution in [0.5, 0.6) is 0 Å². The summed E-state index contributed by atoms with van der Waals surface area (Å²) in [6.07, 6.45) is 1.47. The molecule has 0 saturated carbocycles. The molecule has 0 spiro atoms. The second-order valence-electron chi connectivity index (χ2n) is 7.08. The average Bonchev–Trinajstić information content (AvgIpc) is 3.28. The fourth-order valence-corrected chi connectivity index (χ4v) is 4.56. The Kier molecular flexibility index (Phi) is 5.13. The van der Waals surface area contributed by atoms with Crippen LogP contribution in [0.15, 0.2) is 36.4 Å². The van der Waals surface area contributed by atoms with E-state index in [4.69, 9.17) is 0 Å². The van der Waals surface area contributed by atoms with Crippen LogP contribution >= 0.6 is 11.3 Å². The number of aryl methyl sites for hydroxylation is 2. The van der Waals surface area contributed by atoms with Crippen molar-refractivity contribution < 1.29 is 9.18 Å². The van der Waals surface area contributed by atoms with Gasteiger partial charge in [-0.15, -0.1) is 10.2 Å². The van der Waals surface area contributed by atoms with E-state index in [1.54, 1.807) is 23.5 Å². The molecule has 1 aliphatic rings. The van der Waals surface area contributed by atoms with E-state index in [1.807, 2.05) is 0 Å². The van der Waals surface area contributed by atoms with Crippen LogP contribution in [-0.4, -0.2) is 33.8 Å². The predicted octanol–water partition coefficient (Wildman–Crippen LogP) is 3.94. The highest BCUT2D eigenvalue weighted by Crippen LogP contribution is 2.29. The number of halogens is 1. The summed E-state index contributed by atoms with van der Waals surface area (Å²) in [5.41, 5.74) is 2.76. The fraction of sp³-hybridized carbons (Fsp3) is 0.350. The van der Waals surface area contributed by atoms with Crippen molar-refractivity contribution in [2.75, 3.05) is 23.3 Å². The Morgan fingerprint density at radius 2 is 1.79 bits per heavy atom. The minimum Gasteiger partial charge on any atom is -0.347 e. The Morgan fingerprint density at radius 1 is 1.11 bits per heavy atom. The maximum absolute atomic E-state index is 13.3. The Labute approximate surface area is 167 Å². The standard InChI is InChI=1S/C20H22FN5OS/c1-13-6-7-14(2)26(13)20-24-23-19(28-20)25-10-8-15(9-11-25)18(27)22-17-5-3-4-16(21)12-17/h3-7,12,15H,8-11H2,1-2H3,(H,22,27). The Morgan fingerprint density at radius 3 is 2.46 bits per heavy atom. The minimum absolute atomic E-state index is 0.0539. The minimum atomic E-state index is -0.354. The maximum atomic E-state index is 13.3. The molecule has 1 aromatic carbocycles. The van der Waals surface area contributed by atoms with Gasteiger partial charge in [-0.05, 0) is 57.0 Å². The van der Waals surface area contributed by atoms with Gasteiger partial charge in [-0.1, -0.05) is 17.4 Å². The van der Waals surface area contributed by atoms with E-state index in [-0.39, 0.29) is 17.6 Å². The summed E-state index contributed by atoms with van der Waals surface area (Å²) in [5.74, 6) is -0.490. The van der Waals surface area contributed by atoms with Crippen LogP contribution in [0.3, 0.4) is 0 Å². The van der Waals surface area contributed by atoms with Gasteiger partial charge < -0.3 is 10.2 Å². The van der Waals surface area contributed by atoms with E-state index in [0.29, 0.717) is 5.69 Å². The third-order valence-corrected chi connectivity index (χ3v) is 6.06. The molecule has 2 aromatic heterocycles. The molecule has 1 aliphatic heterocycles. The molecule has 3 heterocycles. The third kappa shape index (κ3) is 3.77. The molecule has 1 fully saturated rings. The van der Waals surface area contributed by atoms with E-state index in [1.165, 1.54) is 12.1 Å². The van der Waals surface area contributed by atoms with Gasteiger partial charge in [0.1, 0.15) is 5.82 Å². The van der Waals surface area contributed by atoms with Crippen LogP contribution in [-0.2, 0) is 4.79 Å². The summed E-state index contributed by atoms with van der Waals surface area (Å²) >= 11 is 1.56. The monoisotopic (exact) mass is 399 g/mol.